The Kier molecular flexibility index (Phi) is 10.7. The van der Waals surface area contributed by atoms with Gasteiger partial charge in [-0.05, 0) is 60.0 Å². The van der Waals surface area contributed by atoms with Crippen LogP contribution in [0.25, 0.3) is 0 Å². The van der Waals surface area contributed by atoms with Crippen LogP contribution in [0.2, 0.25) is 0 Å². The maximum Gasteiger partial charge on any atom is 0.329 e. The van der Waals surface area contributed by atoms with E-state index in [1.54, 1.807) is 56.7 Å². The molecule has 204 valence electrons. The fraction of sp³-hybridized carbons (Fsp3) is 0.214. The number of nitrogens with zero attached hydrogens (tertiary/aromatic N) is 1. The normalized spacial score (nSPS) is 10.4. The van der Waals surface area contributed by atoms with Crippen LogP contribution in [0.3, 0.4) is 0 Å². The third-order valence-corrected chi connectivity index (χ3v) is 5.34. The summed E-state index contributed by atoms with van der Waals surface area (Å²) < 4.78 is 21.4. The van der Waals surface area contributed by atoms with Gasteiger partial charge in [0.1, 0.15) is 0 Å². The Bertz CT molecular complexity index is 1310. The summed E-state index contributed by atoms with van der Waals surface area (Å²) in [5.74, 6) is -0.135. The van der Waals surface area contributed by atoms with Crippen molar-refractivity contribution in [3.63, 3.8) is 0 Å². The van der Waals surface area contributed by atoms with Gasteiger partial charge in [0.15, 0.2) is 29.6 Å². The number of methoxy groups -OCH3 is 3. The lowest BCUT2D eigenvalue weighted by Crippen LogP contribution is -2.38. The van der Waals surface area contributed by atoms with Gasteiger partial charge in [0.05, 0.1) is 27.5 Å². The molecule has 3 aromatic carbocycles. The van der Waals surface area contributed by atoms with Crippen molar-refractivity contribution in [1.82, 2.24) is 10.7 Å². The number of carbonyl (C=O) groups is 3. The first-order valence-corrected chi connectivity index (χ1v) is 11.9. The Labute approximate surface area is 226 Å². The summed E-state index contributed by atoms with van der Waals surface area (Å²) >= 11 is 0. The molecular formula is C28H30N4O7. The van der Waals surface area contributed by atoms with E-state index in [4.69, 9.17) is 18.9 Å². The fourth-order valence-electron chi connectivity index (χ4n) is 3.40. The number of ether oxygens (including phenoxy) is 4. The Morgan fingerprint density at radius 3 is 2.21 bits per heavy atom. The maximum atomic E-state index is 12.1. The molecular weight excluding hydrogens is 504 g/mol. The van der Waals surface area contributed by atoms with E-state index in [0.29, 0.717) is 40.7 Å². The predicted molar refractivity (Wildman–Crippen MR) is 146 cm³/mol. The fourth-order valence-corrected chi connectivity index (χ4v) is 3.40. The maximum absolute atomic E-state index is 12.1. The minimum atomic E-state index is -0.907. The lowest BCUT2D eigenvalue weighted by Gasteiger charge is -2.11. The van der Waals surface area contributed by atoms with E-state index in [0.717, 1.165) is 5.56 Å². The van der Waals surface area contributed by atoms with Gasteiger partial charge in [0.2, 0.25) is 0 Å². The van der Waals surface area contributed by atoms with Crippen molar-refractivity contribution < 1.29 is 33.3 Å². The monoisotopic (exact) mass is 534 g/mol. The molecule has 0 aliphatic rings. The molecule has 11 nitrogen and oxygen atoms in total. The quantitative estimate of drug-likeness (QED) is 0.185. The molecule has 0 saturated carbocycles. The molecule has 0 atom stereocenters. The number of rotatable bonds is 12. The molecule has 3 N–H and O–H groups in total. The second kappa shape index (κ2) is 14.6. The number of para-hydroxylation sites is 1. The number of hydrazone groups is 1. The van der Waals surface area contributed by atoms with E-state index < -0.39 is 11.8 Å². The molecule has 0 spiro atoms. The lowest BCUT2D eigenvalue weighted by atomic mass is 10.1. The number of hydrogen-bond donors (Lipinski definition) is 3. The first-order chi connectivity index (χ1) is 18.9. The second-order valence-corrected chi connectivity index (χ2v) is 8.01. The minimum Gasteiger partial charge on any atom is -0.493 e. The van der Waals surface area contributed by atoms with Crippen LogP contribution in [-0.2, 0) is 20.8 Å². The van der Waals surface area contributed by atoms with E-state index in [2.05, 4.69) is 21.2 Å². The van der Waals surface area contributed by atoms with E-state index in [1.165, 1.54) is 13.3 Å². The SMILES string of the molecule is COc1ccc(CCNC(=O)C(=O)N/N=C\c2ccc(OCC(=O)Nc3ccccc3)c(OC)c2)cc1OC. The van der Waals surface area contributed by atoms with Crippen molar-refractivity contribution in [3.05, 3.63) is 77.9 Å². The van der Waals surface area contributed by atoms with Crippen molar-refractivity contribution in [2.24, 2.45) is 5.10 Å². The molecule has 3 rings (SSSR count). The summed E-state index contributed by atoms with van der Waals surface area (Å²) in [6, 6.07) is 19.3. The molecule has 0 fully saturated rings. The van der Waals surface area contributed by atoms with Gasteiger partial charge in [0, 0.05) is 12.2 Å². The molecule has 0 unspecified atom stereocenters. The van der Waals surface area contributed by atoms with Gasteiger partial charge in [-0.1, -0.05) is 24.3 Å². The zero-order valence-electron chi connectivity index (χ0n) is 21.9. The molecule has 0 heterocycles. The smallest absolute Gasteiger partial charge is 0.329 e. The van der Waals surface area contributed by atoms with E-state index >= 15 is 0 Å². The number of benzene rings is 3. The first kappa shape index (κ1) is 28.5. The molecule has 11 heteroatoms. The molecule has 0 saturated heterocycles. The van der Waals surface area contributed by atoms with E-state index in [1.807, 2.05) is 24.3 Å². The van der Waals surface area contributed by atoms with Crippen LogP contribution < -0.4 is 35.0 Å². The number of anilines is 1. The topological polar surface area (TPSA) is 137 Å². The van der Waals surface area contributed by atoms with Crippen LogP contribution >= 0.6 is 0 Å². The highest BCUT2D eigenvalue weighted by Gasteiger charge is 2.13. The van der Waals surface area contributed by atoms with Crippen LogP contribution in [0.15, 0.2) is 71.8 Å². The van der Waals surface area contributed by atoms with Crippen LogP contribution in [0.4, 0.5) is 5.69 Å². The molecule has 3 amide bonds. The van der Waals surface area contributed by atoms with Gasteiger partial charge in [-0.25, -0.2) is 5.43 Å². The molecule has 3 aromatic rings. The third-order valence-electron chi connectivity index (χ3n) is 5.34. The Morgan fingerprint density at radius 2 is 1.49 bits per heavy atom. The Morgan fingerprint density at radius 1 is 0.795 bits per heavy atom. The van der Waals surface area contributed by atoms with Crippen molar-refractivity contribution in [1.29, 1.82) is 0 Å². The molecule has 39 heavy (non-hydrogen) atoms. The van der Waals surface area contributed by atoms with Crippen LogP contribution in [0.5, 0.6) is 23.0 Å². The summed E-state index contributed by atoms with van der Waals surface area (Å²) in [6.45, 7) is 0.0311. The van der Waals surface area contributed by atoms with Gasteiger partial charge >= 0.3 is 11.8 Å². The first-order valence-electron chi connectivity index (χ1n) is 11.9. The summed E-state index contributed by atoms with van der Waals surface area (Å²) in [6.07, 6.45) is 1.84. The minimum absolute atomic E-state index is 0.212. The average molecular weight is 535 g/mol. The molecule has 0 aliphatic heterocycles. The van der Waals surface area contributed by atoms with Crippen LogP contribution in [-0.4, -0.2) is 58.4 Å². The van der Waals surface area contributed by atoms with Gasteiger partial charge in [-0.15, -0.1) is 0 Å². The zero-order chi connectivity index (χ0) is 28.0. The predicted octanol–water partition coefficient (Wildman–Crippen LogP) is 2.54. The van der Waals surface area contributed by atoms with Crippen molar-refractivity contribution >= 4 is 29.6 Å². The summed E-state index contributed by atoms with van der Waals surface area (Å²) in [5, 5.41) is 9.09. The molecule has 0 radical (unpaired) electrons. The van der Waals surface area contributed by atoms with E-state index in [9.17, 15) is 14.4 Å². The second-order valence-electron chi connectivity index (χ2n) is 8.01. The standard InChI is InChI=1S/C28H30N4O7/c1-36-22-11-9-19(15-24(22)37-2)13-14-29-27(34)28(35)32-30-17-20-10-12-23(25(16-20)38-3)39-18-26(33)31-21-7-5-4-6-8-21/h4-12,15-17H,13-14,18H2,1-3H3,(H,29,34)(H,31,33)(H,32,35)/b30-17-. The summed E-state index contributed by atoms with van der Waals surface area (Å²) in [4.78, 5) is 36.3. The number of hydrogen-bond acceptors (Lipinski definition) is 8. The zero-order valence-corrected chi connectivity index (χ0v) is 21.9. The average Bonchev–Trinajstić information content (AvgIpc) is 2.96. The van der Waals surface area contributed by atoms with Crippen LogP contribution in [0.1, 0.15) is 11.1 Å². The highest BCUT2D eigenvalue weighted by atomic mass is 16.5. The highest BCUT2D eigenvalue weighted by Crippen LogP contribution is 2.28. The summed E-state index contributed by atoms with van der Waals surface area (Å²) in [7, 11) is 4.55. The van der Waals surface area contributed by atoms with E-state index in [-0.39, 0.29) is 19.1 Å². The van der Waals surface area contributed by atoms with Crippen molar-refractivity contribution in [3.8, 4) is 23.0 Å². The Balaban J connectivity index is 1.45. The number of carbonyl (C=O) groups excluding carboxylic acids is 3. The molecule has 0 aliphatic carbocycles. The Hall–Kier alpha value is -5.06. The van der Waals surface area contributed by atoms with Gasteiger partial charge in [0.25, 0.3) is 5.91 Å². The van der Waals surface area contributed by atoms with Crippen molar-refractivity contribution in [2.75, 3.05) is 39.8 Å². The number of nitrogens with one attached hydrogen (secondary N) is 3. The van der Waals surface area contributed by atoms with Gasteiger partial charge in [-0.2, -0.15) is 5.10 Å². The third kappa shape index (κ3) is 8.78. The summed E-state index contributed by atoms with van der Waals surface area (Å²) in [5.41, 5.74) is 4.33. The van der Waals surface area contributed by atoms with Crippen LogP contribution in [0, 0.1) is 0 Å². The van der Waals surface area contributed by atoms with Crippen molar-refractivity contribution in [2.45, 2.75) is 6.42 Å². The molecule has 0 aromatic heterocycles. The van der Waals surface area contributed by atoms with Gasteiger partial charge in [-0.3, -0.25) is 14.4 Å². The molecule has 0 bridgehead atoms. The van der Waals surface area contributed by atoms with Gasteiger partial charge < -0.3 is 29.6 Å². The lowest BCUT2D eigenvalue weighted by molar-refractivity contribution is -0.139. The largest absolute Gasteiger partial charge is 0.493 e. The number of amides is 3. The highest BCUT2D eigenvalue weighted by molar-refractivity contribution is 6.35.